The maximum absolute atomic E-state index is 13.0. The fourth-order valence-electron chi connectivity index (χ4n) is 3.74. The van der Waals surface area contributed by atoms with E-state index in [4.69, 9.17) is 21.1 Å². The van der Waals surface area contributed by atoms with Crippen LogP contribution in [0.4, 0.5) is 5.13 Å². The van der Waals surface area contributed by atoms with Gasteiger partial charge in [0.15, 0.2) is 11.2 Å². The quantitative estimate of drug-likeness (QED) is 0.306. The number of thiazole rings is 1. The Balaban J connectivity index is 1.47. The fraction of sp³-hybridized carbons (Fsp3) is 0.192. The first kappa shape index (κ1) is 24.5. The van der Waals surface area contributed by atoms with Gasteiger partial charge in [-0.2, -0.15) is 0 Å². The average Bonchev–Trinajstić information content (AvgIpc) is 3.43. The van der Waals surface area contributed by atoms with E-state index in [1.165, 1.54) is 18.3 Å². The van der Waals surface area contributed by atoms with Crippen LogP contribution in [0.2, 0.25) is 5.02 Å². The number of nitrogens with one attached hydrogen (secondary N) is 1. The van der Waals surface area contributed by atoms with Gasteiger partial charge in [-0.05, 0) is 45.0 Å². The molecule has 0 saturated carbocycles. The van der Waals surface area contributed by atoms with Crippen LogP contribution in [0.1, 0.15) is 28.7 Å². The Morgan fingerprint density at radius 2 is 1.86 bits per heavy atom. The number of carbonyl (C=O) groups is 2. The second-order valence-electron chi connectivity index (χ2n) is 7.88. The van der Waals surface area contributed by atoms with Gasteiger partial charge in [-0.25, -0.2) is 9.78 Å². The second-order valence-corrected chi connectivity index (χ2v) is 9.17. The summed E-state index contributed by atoms with van der Waals surface area (Å²) >= 11 is 7.50. The zero-order valence-electron chi connectivity index (χ0n) is 19.7. The van der Waals surface area contributed by atoms with Gasteiger partial charge in [0.05, 0.1) is 24.1 Å². The molecule has 0 spiro atoms. The van der Waals surface area contributed by atoms with E-state index in [1.54, 1.807) is 38.3 Å². The van der Waals surface area contributed by atoms with Crippen LogP contribution in [-0.2, 0) is 9.53 Å². The molecule has 2 heterocycles. The molecule has 1 atom stereocenters. The third-order valence-electron chi connectivity index (χ3n) is 5.49. The topological polar surface area (TPSA) is 82.5 Å². The van der Waals surface area contributed by atoms with Crippen LogP contribution in [0.5, 0.6) is 5.75 Å². The minimum atomic E-state index is -1.02. The lowest BCUT2D eigenvalue weighted by molar-refractivity contribution is -0.123. The van der Waals surface area contributed by atoms with Crippen molar-refractivity contribution in [2.24, 2.45) is 0 Å². The lowest BCUT2D eigenvalue weighted by Crippen LogP contribution is -2.30. The van der Waals surface area contributed by atoms with Gasteiger partial charge in [0.1, 0.15) is 5.75 Å². The smallest absolute Gasteiger partial charge is 0.340 e. The summed E-state index contributed by atoms with van der Waals surface area (Å²) in [5.74, 6) is -0.447. The Hall–Kier alpha value is -3.62. The molecule has 0 bridgehead atoms. The Labute approximate surface area is 212 Å². The number of anilines is 1. The van der Waals surface area contributed by atoms with Crippen LogP contribution in [0.15, 0.2) is 60.0 Å². The van der Waals surface area contributed by atoms with Crippen LogP contribution in [0, 0.1) is 13.8 Å². The maximum atomic E-state index is 13.0. The summed E-state index contributed by atoms with van der Waals surface area (Å²) in [6, 6.07) is 16.7. The molecule has 7 nitrogen and oxygen atoms in total. The summed E-state index contributed by atoms with van der Waals surface area (Å²) in [4.78, 5) is 30.1. The van der Waals surface area contributed by atoms with E-state index in [1.807, 2.05) is 47.2 Å². The molecular weight excluding hydrogens is 486 g/mol. The molecule has 0 unspecified atom stereocenters. The van der Waals surface area contributed by atoms with Gasteiger partial charge >= 0.3 is 5.97 Å². The number of aromatic nitrogens is 2. The molecule has 4 rings (SSSR count). The van der Waals surface area contributed by atoms with Crippen molar-refractivity contribution in [1.29, 1.82) is 0 Å². The van der Waals surface area contributed by atoms with Gasteiger partial charge in [-0.15, -0.1) is 11.3 Å². The zero-order chi connectivity index (χ0) is 25.1. The molecule has 0 radical (unpaired) electrons. The molecule has 35 heavy (non-hydrogen) atoms. The standard InChI is InChI=1S/C26H24ClN3O4S/c1-15-12-20(16(2)30(15)22-13-19(27)10-11-23(22)33-4)25(32)34-17(3)24(31)29-26-28-21(14-35-26)18-8-6-5-7-9-18/h5-14,17H,1-4H3,(H,28,29,31)/t17-/m1/s1. The lowest BCUT2D eigenvalue weighted by atomic mass is 10.2. The number of ether oxygens (including phenoxy) is 2. The predicted octanol–water partition coefficient (Wildman–Crippen LogP) is 6.06. The minimum absolute atomic E-state index is 0.352. The maximum Gasteiger partial charge on any atom is 0.340 e. The van der Waals surface area contributed by atoms with Crippen molar-refractivity contribution in [1.82, 2.24) is 9.55 Å². The number of amides is 1. The molecule has 0 saturated heterocycles. The monoisotopic (exact) mass is 509 g/mol. The largest absolute Gasteiger partial charge is 0.495 e. The van der Waals surface area contributed by atoms with E-state index in [9.17, 15) is 9.59 Å². The first-order valence-electron chi connectivity index (χ1n) is 10.8. The molecule has 0 fully saturated rings. The van der Waals surface area contributed by atoms with Crippen molar-refractivity contribution in [2.45, 2.75) is 26.9 Å². The number of aryl methyl sites for hydroxylation is 1. The van der Waals surface area contributed by atoms with Gasteiger partial charge in [0.25, 0.3) is 5.91 Å². The number of benzene rings is 2. The summed E-state index contributed by atoms with van der Waals surface area (Å²) in [5.41, 5.74) is 4.22. The van der Waals surface area contributed by atoms with E-state index in [2.05, 4.69) is 10.3 Å². The summed E-state index contributed by atoms with van der Waals surface area (Å²) in [6.45, 7) is 5.19. The molecule has 2 aromatic heterocycles. The Bertz CT molecular complexity index is 1380. The van der Waals surface area contributed by atoms with Crippen LogP contribution in [-0.4, -0.2) is 34.6 Å². The SMILES string of the molecule is COc1ccc(Cl)cc1-n1c(C)cc(C(=O)O[C@H](C)C(=O)Nc2nc(-c3ccccc3)cs2)c1C. The first-order valence-corrected chi connectivity index (χ1v) is 12.1. The van der Waals surface area contributed by atoms with E-state index in [0.717, 1.165) is 17.0 Å². The summed E-state index contributed by atoms with van der Waals surface area (Å²) in [7, 11) is 1.57. The number of methoxy groups -OCH3 is 1. The number of nitrogens with zero attached hydrogens (tertiary/aromatic N) is 2. The molecular formula is C26H24ClN3O4S. The summed E-state index contributed by atoms with van der Waals surface area (Å²) in [5, 5.41) is 5.56. The number of rotatable bonds is 7. The van der Waals surface area contributed by atoms with E-state index in [0.29, 0.717) is 32.8 Å². The molecule has 9 heteroatoms. The Morgan fingerprint density at radius 1 is 1.11 bits per heavy atom. The van der Waals surface area contributed by atoms with Gasteiger partial charge in [-0.1, -0.05) is 41.9 Å². The van der Waals surface area contributed by atoms with E-state index in [-0.39, 0.29) is 0 Å². The van der Waals surface area contributed by atoms with Crippen molar-refractivity contribution in [3.8, 4) is 22.7 Å². The lowest BCUT2D eigenvalue weighted by Gasteiger charge is -2.15. The van der Waals surface area contributed by atoms with Gasteiger partial charge < -0.3 is 14.0 Å². The van der Waals surface area contributed by atoms with E-state index < -0.39 is 18.0 Å². The van der Waals surface area contributed by atoms with Gasteiger partial charge in [0.2, 0.25) is 0 Å². The van der Waals surface area contributed by atoms with Crippen molar-refractivity contribution < 1.29 is 19.1 Å². The van der Waals surface area contributed by atoms with Crippen LogP contribution < -0.4 is 10.1 Å². The third kappa shape index (κ3) is 5.23. The number of hydrogen-bond acceptors (Lipinski definition) is 6. The first-order chi connectivity index (χ1) is 16.8. The van der Waals surface area contributed by atoms with Gasteiger partial charge in [-0.3, -0.25) is 10.1 Å². The highest BCUT2D eigenvalue weighted by Gasteiger charge is 2.24. The number of carbonyl (C=O) groups excluding carboxylic acids is 2. The van der Waals surface area contributed by atoms with Crippen molar-refractivity contribution >= 4 is 39.9 Å². The normalized spacial score (nSPS) is 11.7. The van der Waals surface area contributed by atoms with Crippen molar-refractivity contribution in [3.63, 3.8) is 0 Å². The molecule has 0 aliphatic carbocycles. The number of halogens is 1. The molecule has 0 aliphatic heterocycles. The summed E-state index contributed by atoms with van der Waals surface area (Å²) in [6.07, 6.45) is -1.02. The average molecular weight is 510 g/mol. The zero-order valence-corrected chi connectivity index (χ0v) is 21.2. The highest BCUT2D eigenvalue weighted by atomic mass is 35.5. The molecule has 1 N–H and O–H groups in total. The molecule has 1 amide bonds. The second kappa shape index (κ2) is 10.3. The van der Waals surface area contributed by atoms with Crippen molar-refractivity contribution in [2.75, 3.05) is 12.4 Å². The Morgan fingerprint density at radius 3 is 2.57 bits per heavy atom. The van der Waals surface area contributed by atoms with E-state index >= 15 is 0 Å². The fourth-order valence-corrected chi connectivity index (χ4v) is 4.62. The highest BCUT2D eigenvalue weighted by Crippen LogP contribution is 2.31. The molecule has 4 aromatic rings. The third-order valence-corrected chi connectivity index (χ3v) is 6.48. The minimum Gasteiger partial charge on any atom is -0.495 e. The van der Waals surface area contributed by atoms with Crippen LogP contribution in [0.3, 0.4) is 0 Å². The predicted molar refractivity (Wildman–Crippen MR) is 138 cm³/mol. The van der Waals surface area contributed by atoms with Crippen molar-refractivity contribution in [3.05, 3.63) is 82.0 Å². The summed E-state index contributed by atoms with van der Waals surface area (Å²) < 4.78 is 12.8. The highest BCUT2D eigenvalue weighted by molar-refractivity contribution is 7.14. The number of esters is 1. The van der Waals surface area contributed by atoms with Crippen LogP contribution in [0.25, 0.3) is 16.9 Å². The molecule has 2 aromatic carbocycles. The Kier molecular flexibility index (Phi) is 7.23. The van der Waals surface area contributed by atoms with Crippen LogP contribution >= 0.6 is 22.9 Å². The molecule has 0 aliphatic rings. The molecule has 180 valence electrons. The van der Waals surface area contributed by atoms with Gasteiger partial charge in [0, 0.05) is 27.4 Å². The number of hydrogen-bond donors (Lipinski definition) is 1.